The molecule has 0 saturated heterocycles. The normalized spacial score (nSPS) is 9.94. The fourth-order valence-corrected chi connectivity index (χ4v) is 1.96. The van der Waals surface area contributed by atoms with E-state index in [1.54, 1.807) is 0 Å². The maximum absolute atomic E-state index is 8.29. The van der Waals surface area contributed by atoms with Gasteiger partial charge in [-0.15, -0.1) is 0 Å². The van der Waals surface area contributed by atoms with Crippen LogP contribution in [-0.2, 0) is 11.2 Å². The van der Waals surface area contributed by atoms with Gasteiger partial charge in [-0.1, -0.05) is 6.07 Å². The zero-order valence-corrected chi connectivity index (χ0v) is 10.1. The van der Waals surface area contributed by atoms with Crippen molar-refractivity contribution in [3.05, 3.63) is 30.1 Å². The van der Waals surface area contributed by atoms with Gasteiger partial charge in [0.25, 0.3) is 0 Å². The average Bonchev–Trinajstić information content (AvgIpc) is 2.34. The lowest BCUT2D eigenvalue weighted by Crippen LogP contribution is -2.00. The molecule has 0 saturated carbocycles. The van der Waals surface area contributed by atoms with E-state index in [1.807, 2.05) is 36.2 Å². The zero-order chi connectivity index (χ0) is 11.5. The minimum absolute atomic E-state index is 0.485. The topological polar surface area (TPSA) is 45.9 Å². The minimum Gasteiger partial charge on any atom is -0.380 e. The van der Waals surface area contributed by atoms with Gasteiger partial charge in [0.2, 0.25) is 0 Å². The Hall–Kier alpha value is -1.05. The summed E-state index contributed by atoms with van der Waals surface area (Å²) in [6, 6.07) is 8.04. The third-order valence-electron chi connectivity index (χ3n) is 1.96. The SMILES string of the molecule is N#CCCOCCSCCc1ccccn1. The first-order chi connectivity index (χ1) is 7.93. The first-order valence-electron chi connectivity index (χ1n) is 5.36. The molecule has 3 nitrogen and oxygen atoms in total. The number of aryl methyl sites for hydroxylation is 1. The summed E-state index contributed by atoms with van der Waals surface area (Å²) in [6.45, 7) is 1.28. The number of rotatable bonds is 8. The smallest absolute Gasteiger partial charge is 0.0645 e. The lowest BCUT2D eigenvalue weighted by atomic mass is 10.3. The van der Waals surface area contributed by atoms with Crippen molar-refractivity contribution in [1.82, 2.24) is 4.98 Å². The van der Waals surface area contributed by atoms with Gasteiger partial charge in [0.05, 0.1) is 25.7 Å². The van der Waals surface area contributed by atoms with Gasteiger partial charge < -0.3 is 4.74 Å². The Kier molecular flexibility index (Phi) is 7.48. The number of hydrogen-bond donors (Lipinski definition) is 0. The second kappa shape index (κ2) is 9.20. The molecule has 0 aliphatic heterocycles. The van der Waals surface area contributed by atoms with Gasteiger partial charge in [-0.05, 0) is 24.3 Å². The van der Waals surface area contributed by atoms with E-state index in [9.17, 15) is 0 Å². The van der Waals surface area contributed by atoms with Crippen molar-refractivity contribution in [2.75, 3.05) is 24.7 Å². The van der Waals surface area contributed by atoms with E-state index in [0.717, 1.165) is 30.2 Å². The van der Waals surface area contributed by atoms with Crippen molar-refractivity contribution in [1.29, 1.82) is 5.26 Å². The quantitative estimate of drug-likeness (QED) is 0.650. The number of nitriles is 1. The highest BCUT2D eigenvalue weighted by Crippen LogP contribution is 2.04. The summed E-state index contributed by atoms with van der Waals surface area (Å²) in [5.74, 6) is 2.05. The summed E-state index contributed by atoms with van der Waals surface area (Å²) in [4.78, 5) is 4.26. The lowest BCUT2D eigenvalue weighted by Gasteiger charge is -2.02. The van der Waals surface area contributed by atoms with Crippen LogP contribution in [0.25, 0.3) is 0 Å². The van der Waals surface area contributed by atoms with Crippen LogP contribution in [0.2, 0.25) is 0 Å². The van der Waals surface area contributed by atoms with Crippen LogP contribution in [-0.4, -0.2) is 29.7 Å². The van der Waals surface area contributed by atoms with Gasteiger partial charge in [0, 0.05) is 17.6 Å². The molecule has 0 amide bonds. The van der Waals surface area contributed by atoms with Crippen LogP contribution >= 0.6 is 11.8 Å². The van der Waals surface area contributed by atoms with Crippen LogP contribution in [0, 0.1) is 11.3 Å². The predicted molar refractivity (Wildman–Crippen MR) is 66.3 cm³/mol. The highest BCUT2D eigenvalue weighted by molar-refractivity contribution is 7.99. The number of ether oxygens (including phenoxy) is 1. The summed E-state index contributed by atoms with van der Waals surface area (Å²) in [5.41, 5.74) is 1.14. The predicted octanol–water partition coefficient (Wildman–Crippen LogP) is 2.29. The molecule has 0 aliphatic carbocycles. The molecule has 0 atom stereocenters. The molecule has 1 aromatic rings. The van der Waals surface area contributed by atoms with E-state index in [2.05, 4.69) is 11.1 Å². The van der Waals surface area contributed by atoms with Crippen LogP contribution in [0.3, 0.4) is 0 Å². The molecule has 0 fully saturated rings. The molecule has 1 heterocycles. The number of hydrogen-bond acceptors (Lipinski definition) is 4. The Morgan fingerprint density at radius 1 is 1.31 bits per heavy atom. The van der Waals surface area contributed by atoms with E-state index in [4.69, 9.17) is 10.00 Å². The minimum atomic E-state index is 0.485. The third-order valence-corrected chi connectivity index (χ3v) is 2.91. The van der Waals surface area contributed by atoms with Crippen molar-refractivity contribution in [2.24, 2.45) is 0 Å². The molecule has 0 aromatic carbocycles. The number of aromatic nitrogens is 1. The third kappa shape index (κ3) is 6.44. The zero-order valence-electron chi connectivity index (χ0n) is 9.26. The second-order valence-corrected chi connectivity index (χ2v) is 4.43. The Morgan fingerprint density at radius 2 is 2.25 bits per heavy atom. The lowest BCUT2D eigenvalue weighted by molar-refractivity contribution is 0.156. The second-order valence-electron chi connectivity index (χ2n) is 3.20. The molecule has 0 radical (unpaired) electrons. The van der Waals surface area contributed by atoms with Gasteiger partial charge >= 0.3 is 0 Å². The molecule has 16 heavy (non-hydrogen) atoms. The van der Waals surface area contributed by atoms with E-state index >= 15 is 0 Å². The molecule has 1 rings (SSSR count). The summed E-state index contributed by atoms with van der Waals surface area (Å²) < 4.78 is 5.27. The van der Waals surface area contributed by atoms with E-state index in [0.29, 0.717) is 13.0 Å². The van der Waals surface area contributed by atoms with Gasteiger partial charge in [0.15, 0.2) is 0 Å². The molecule has 86 valence electrons. The highest BCUT2D eigenvalue weighted by Gasteiger charge is 1.94. The van der Waals surface area contributed by atoms with Crippen molar-refractivity contribution in [3.8, 4) is 6.07 Å². The number of nitrogens with zero attached hydrogens (tertiary/aromatic N) is 2. The monoisotopic (exact) mass is 236 g/mol. The summed E-state index contributed by atoms with van der Waals surface area (Å²) in [5, 5.41) is 8.29. The molecule has 0 unspecified atom stereocenters. The van der Waals surface area contributed by atoms with Crippen molar-refractivity contribution < 1.29 is 4.74 Å². The average molecular weight is 236 g/mol. The standard InChI is InChI=1S/C12H16N2OS/c13-6-3-8-15-9-11-16-10-5-12-4-1-2-7-14-12/h1-2,4,7H,3,5,8-11H2. The van der Waals surface area contributed by atoms with Gasteiger partial charge in [-0.3, -0.25) is 4.98 Å². The molecule has 0 spiro atoms. The van der Waals surface area contributed by atoms with Crippen LogP contribution < -0.4 is 0 Å². The fourth-order valence-electron chi connectivity index (χ4n) is 1.16. The highest BCUT2D eigenvalue weighted by atomic mass is 32.2. The Bertz CT molecular complexity index is 311. The summed E-state index contributed by atoms with van der Waals surface area (Å²) in [7, 11) is 0. The van der Waals surface area contributed by atoms with Crippen LogP contribution in [0.5, 0.6) is 0 Å². The number of thioether (sulfide) groups is 1. The molecule has 0 N–H and O–H groups in total. The number of pyridine rings is 1. The van der Waals surface area contributed by atoms with Crippen LogP contribution in [0.15, 0.2) is 24.4 Å². The van der Waals surface area contributed by atoms with Crippen molar-refractivity contribution >= 4 is 11.8 Å². The maximum Gasteiger partial charge on any atom is 0.0645 e. The molecule has 1 aromatic heterocycles. The summed E-state index contributed by atoms with van der Waals surface area (Å²) in [6.07, 6.45) is 3.31. The van der Waals surface area contributed by atoms with Crippen LogP contribution in [0.4, 0.5) is 0 Å². The van der Waals surface area contributed by atoms with E-state index < -0.39 is 0 Å². The van der Waals surface area contributed by atoms with Crippen molar-refractivity contribution in [3.63, 3.8) is 0 Å². The molecule has 0 bridgehead atoms. The Balaban J connectivity index is 1.91. The summed E-state index contributed by atoms with van der Waals surface area (Å²) >= 11 is 1.86. The van der Waals surface area contributed by atoms with Gasteiger partial charge in [-0.2, -0.15) is 17.0 Å². The van der Waals surface area contributed by atoms with Gasteiger partial charge in [0.1, 0.15) is 0 Å². The Labute approximate surface area is 101 Å². The molecular formula is C12H16N2OS. The maximum atomic E-state index is 8.29. The van der Waals surface area contributed by atoms with Crippen LogP contribution in [0.1, 0.15) is 12.1 Å². The van der Waals surface area contributed by atoms with Gasteiger partial charge in [-0.25, -0.2) is 0 Å². The first kappa shape index (κ1) is 13.0. The molecule has 4 heteroatoms. The van der Waals surface area contributed by atoms with E-state index in [1.165, 1.54) is 0 Å². The Morgan fingerprint density at radius 3 is 3.00 bits per heavy atom. The first-order valence-corrected chi connectivity index (χ1v) is 6.51. The largest absolute Gasteiger partial charge is 0.380 e. The molecular weight excluding hydrogens is 220 g/mol. The fraction of sp³-hybridized carbons (Fsp3) is 0.500. The van der Waals surface area contributed by atoms with E-state index in [-0.39, 0.29) is 0 Å². The van der Waals surface area contributed by atoms with Crippen molar-refractivity contribution in [2.45, 2.75) is 12.8 Å². The molecule has 0 aliphatic rings.